The molecule has 0 aliphatic rings. The van der Waals surface area contributed by atoms with Crippen LogP contribution in [0, 0.1) is 19.7 Å². The molecule has 0 atom stereocenters. The van der Waals surface area contributed by atoms with Crippen LogP contribution in [-0.4, -0.2) is 23.0 Å². The largest absolute Gasteiger partial charge is 0.383 e. The van der Waals surface area contributed by atoms with Crippen molar-refractivity contribution in [2.24, 2.45) is 7.05 Å². The maximum atomic E-state index is 15.4. The molecule has 7 nitrogen and oxygen atoms in total. The van der Waals surface area contributed by atoms with E-state index in [0.717, 1.165) is 11.1 Å². The van der Waals surface area contributed by atoms with Crippen LogP contribution in [0.1, 0.15) is 11.1 Å². The molecule has 2 heterocycles. The van der Waals surface area contributed by atoms with Gasteiger partial charge in [-0.05, 0) is 43.2 Å². The van der Waals surface area contributed by atoms with Gasteiger partial charge in [-0.3, -0.25) is 4.72 Å². The van der Waals surface area contributed by atoms with Gasteiger partial charge in [-0.15, -0.1) is 0 Å². The number of halogens is 1. The van der Waals surface area contributed by atoms with Crippen LogP contribution in [-0.2, 0) is 17.1 Å². The van der Waals surface area contributed by atoms with E-state index in [1.807, 2.05) is 13.8 Å². The summed E-state index contributed by atoms with van der Waals surface area (Å²) in [7, 11) is -2.20. The Morgan fingerprint density at radius 1 is 1.07 bits per heavy atom. The number of sulfonamides is 1. The van der Waals surface area contributed by atoms with Crippen molar-refractivity contribution in [2.75, 3.05) is 10.5 Å². The first kappa shape index (κ1) is 19.8. The Morgan fingerprint density at radius 3 is 2.57 bits per heavy atom. The van der Waals surface area contributed by atoms with Crippen LogP contribution in [0.3, 0.4) is 0 Å². The maximum absolute atomic E-state index is 15.4. The summed E-state index contributed by atoms with van der Waals surface area (Å²) in [6.07, 6.45) is 3.03. The van der Waals surface area contributed by atoms with Gasteiger partial charge in [-0.1, -0.05) is 18.2 Å². The highest BCUT2D eigenvalue weighted by Crippen LogP contribution is 2.36. The first-order chi connectivity index (χ1) is 14.2. The fourth-order valence-corrected chi connectivity index (χ4v) is 4.49. The molecule has 0 fully saturated rings. The molecule has 0 saturated carbocycles. The van der Waals surface area contributed by atoms with Crippen molar-refractivity contribution >= 4 is 32.6 Å². The molecular formula is C21H20FN5O2S. The topological polar surface area (TPSA) is 103 Å². The van der Waals surface area contributed by atoms with Crippen molar-refractivity contribution in [1.29, 1.82) is 0 Å². The predicted octanol–water partition coefficient (Wildman–Crippen LogP) is 3.77. The number of fused-ring (bicyclic) bond motifs is 1. The standard InChI is InChI=1S/C21H20FN5O2S/c1-12-7-8-14(9-13(12)2)30(28,29)26-17-6-4-5-15(19(17)22)16-10-27(3)21-18(16)20(23)24-11-25-21/h4-11,26H,1-3H3,(H2,23,24,25). The van der Waals surface area contributed by atoms with Crippen molar-refractivity contribution in [3.05, 3.63) is 65.9 Å². The maximum Gasteiger partial charge on any atom is 0.261 e. The third-order valence-corrected chi connectivity index (χ3v) is 6.47. The van der Waals surface area contributed by atoms with Crippen molar-refractivity contribution < 1.29 is 12.8 Å². The molecule has 2 aromatic heterocycles. The van der Waals surface area contributed by atoms with Gasteiger partial charge < -0.3 is 10.3 Å². The van der Waals surface area contributed by atoms with Crippen molar-refractivity contribution in [1.82, 2.24) is 14.5 Å². The number of hydrogen-bond acceptors (Lipinski definition) is 5. The van der Waals surface area contributed by atoms with E-state index in [1.165, 1.54) is 18.5 Å². The zero-order valence-electron chi connectivity index (χ0n) is 16.6. The molecule has 0 radical (unpaired) electrons. The van der Waals surface area contributed by atoms with Gasteiger partial charge in [0.05, 0.1) is 16.0 Å². The van der Waals surface area contributed by atoms with Crippen molar-refractivity contribution in [2.45, 2.75) is 18.7 Å². The Morgan fingerprint density at radius 2 is 1.83 bits per heavy atom. The highest BCUT2D eigenvalue weighted by atomic mass is 32.2. The summed E-state index contributed by atoms with van der Waals surface area (Å²) in [6, 6.07) is 9.29. The van der Waals surface area contributed by atoms with E-state index in [0.29, 0.717) is 16.6 Å². The number of aromatic nitrogens is 3. The summed E-state index contributed by atoms with van der Waals surface area (Å²) in [6.45, 7) is 3.71. The molecule has 0 bridgehead atoms. The second-order valence-electron chi connectivity index (χ2n) is 7.13. The van der Waals surface area contributed by atoms with E-state index >= 15 is 4.39 Å². The molecule has 0 aliphatic heterocycles. The normalized spacial score (nSPS) is 11.7. The van der Waals surface area contributed by atoms with Crippen LogP contribution in [0.5, 0.6) is 0 Å². The van der Waals surface area contributed by atoms with E-state index in [4.69, 9.17) is 5.73 Å². The fraction of sp³-hybridized carbons (Fsp3) is 0.143. The van der Waals surface area contributed by atoms with Gasteiger partial charge in [0.2, 0.25) is 0 Å². The highest BCUT2D eigenvalue weighted by Gasteiger charge is 2.21. The molecule has 0 unspecified atom stereocenters. The second-order valence-corrected chi connectivity index (χ2v) is 8.81. The Bertz CT molecular complexity index is 1400. The van der Waals surface area contributed by atoms with E-state index in [1.54, 1.807) is 42.1 Å². The van der Waals surface area contributed by atoms with Gasteiger partial charge >= 0.3 is 0 Å². The molecular weight excluding hydrogens is 405 g/mol. The summed E-state index contributed by atoms with van der Waals surface area (Å²) in [4.78, 5) is 8.25. The van der Waals surface area contributed by atoms with Crippen molar-refractivity contribution in [3.63, 3.8) is 0 Å². The lowest BCUT2D eigenvalue weighted by molar-refractivity contribution is 0.598. The summed E-state index contributed by atoms with van der Waals surface area (Å²) in [5.41, 5.74) is 8.88. The summed E-state index contributed by atoms with van der Waals surface area (Å²) in [5, 5.41) is 0.507. The Hall–Kier alpha value is -3.46. The Kier molecular flexibility index (Phi) is 4.70. The number of nitrogens with two attached hydrogens (primary N) is 1. The monoisotopic (exact) mass is 425 g/mol. The van der Waals surface area contributed by atoms with Crippen LogP contribution < -0.4 is 10.5 Å². The zero-order valence-corrected chi connectivity index (χ0v) is 17.5. The number of rotatable bonds is 4. The van der Waals surface area contributed by atoms with Crippen molar-refractivity contribution in [3.8, 4) is 11.1 Å². The summed E-state index contributed by atoms with van der Waals surface area (Å²) in [5.74, 6) is -0.489. The van der Waals surface area contributed by atoms with Crippen LogP contribution in [0.4, 0.5) is 15.9 Å². The van der Waals surface area contributed by atoms with Gasteiger partial charge in [0, 0.05) is 24.4 Å². The molecule has 0 spiro atoms. The summed E-state index contributed by atoms with van der Waals surface area (Å²) >= 11 is 0. The smallest absolute Gasteiger partial charge is 0.261 e. The molecule has 4 aromatic rings. The van der Waals surface area contributed by atoms with E-state index in [9.17, 15) is 8.42 Å². The number of nitrogen functional groups attached to an aromatic ring is 1. The number of nitrogens with zero attached hydrogens (tertiary/aromatic N) is 3. The van der Waals surface area contributed by atoms with Crippen LogP contribution >= 0.6 is 0 Å². The van der Waals surface area contributed by atoms with Crippen LogP contribution in [0.25, 0.3) is 22.2 Å². The zero-order chi connectivity index (χ0) is 21.6. The van der Waals surface area contributed by atoms with Gasteiger partial charge in [-0.2, -0.15) is 0 Å². The lowest BCUT2D eigenvalue weighted by Crippen LogP contribution is -2.14. The van der Waals surface area contributed by atoms with Gasteiger partial charge in [0.1, 0.15) is 17.8 Å². The minimum atomic E-state index is -3.96. The second kappa shape index (κ2) is 7.10. The Balaban J connectivity index is 1.81. The SMILES string of the molecule is Cc1ccc(S(=O)(=O)Nc2cccc(-c3cn(C)c4ncnc(N)c34)c2F)cc1C. The number of benzene rings is 2. The first-order valence-electron chi connectivity index (χ1n) is 9.13. The molecule has 30 heavy (non-hydrogen) atoms. The third kappa shape index (κ3) is 3.26. The average molecular weight is 425 g/mol. The number of anilines is 2. The van der Waals surface area contributed by atoms with E-state index in [2.05, 4.69) is 14.7 Å². The molecule has 3 N–H and O–H groups in total. The third-order valence-electron chi connectivity index (χ3n) is 5.10. The number of aryl methyl sites for hydroxylation is 3. The molecule has 0 aliphatic carbocycles. The van der Waals surface area contributed by atoms with Gasteiger partial charge in [0.25, 0.3) is 10.0 Å². The molecule has 2 aromatic carbocycles. The fourth-order valence-electron chi connectivity index (χ4n) is 3.34. The predicted molar refractivity (Wildman–Crippen MR) is 115 cm³/mol. The van der Waals surface area contributed by atoms with Gasteiger partial charge in [0.15, 0.2) is 5.82 Å². The number of nitrogens with one attached hydrogen (secondary N) is 1. The number of hydrogen-bond donors (Lipinski definition) is 2. The van der Waals surface area contributed by atoms with Crippen LogP contribution in [0.2, 0.25) is 0 Å². The minimum absolute atomic E-state index is 0.0678. The summed E-state index contributed by atoms with van der Waals surface area (Å²) < 4.78 is 45.1. The lowest BCUT2D eigenvalue weighted by atomic mass is 10.0. The Labute approximate surface area is 173 Å². The molecule has 154 valence electrons. The quantitative estimate of drug-likeness (QED) is 0.518. The van der Waals surface area contributed by atoms with E-state index in [-0.39, 0.29) is 22.0 Å². The lowest BCUT2D eigenvalue weighted by Gasteiger charge is -2.12. The highest BCUT2D eigenvalue weighted by molar-refractivity contribution is 7.92. The average Bonchev–Trinajstić information content (AvgIpc) is 3.03. The van der Waals surface area contributed by atoms with E-state index < -0.39 is 15.8 Å². The van der Waals surface area contributed by atoms with Crippen LogP contribution in [0.15, 0.2) is 53.8 Å². The minimum Gasteiger partial charge on any atom is -0.383 e. The molecule has 0 saturated heterocycles. The molecule has 4 rings (SSSR count). The van der Waals surface area contributed by atoms with Gasteiger partial charge in [-0.25, -0.2) is 22.8 Å². The molecule has 0 amide bonds. The molecule has 9 heteroatoms. The first-order valence-corrected chi connectivity index (χ1v) is 10.6.